The second-order valence-electron chi connectivity index (χ2n) is 9.23. The lowest BCUT2D eigenvalue weighted by Gasteiger charge is -2.38. The summed E-state index contributed by atoms with van der Waals surface area (Å²) >= 11 is 0. The molecule has 182 valence electrons. The van der Waals surface area contributed by atoms with Gasteiger partial charge in [-0.15, -0.1) is 0 Å². The summed E-state index contributed by atoms with van der Waals surface area (Å²) in [4.78, 5) is 18.6. The van der Waals surface area contributed by atoms with Crippen molar-refractivity contribution in [1.29, 1.82) is 0 Å². The Morgan fingerprint density at radius 1 is 0.861 bits per heavy atom. The molecule has 3 aliphatic rings. The lowest BCUT2D eigenvalue weighted by Crippen LogP contribution is -2.51. The first-order valence-electron chi connectivity index (χ1n) is 12.4. The van der Waals surface area contributed by atoms with Crippen LogP contribution in [0.4, 0.5) is 5.95 Å². The quantitative estimate of drug-likeness (QED) is 0.558. The minimum Gasteiger partial charge on any atom is -0.497 e. The van der Waals surface area contributed by atoms with Crippen LogP contribution in [-0.2, 0) is 6.42 Å². The predicted octanol–water partition coefficient (Wildman–Crippen LogP) is 3.54. The molecule has 8 nitrogen and oxygen atoms in total. The second kappa shape index (κ2) is 9.81. The lowest BCUT2D eigenvalue weighted by atomic mass is 10.00. The van der Waals surface area contributed by atoms with Crippen LogP contribution in [0.25, 0.3) is 0 Å². The predicted molar refractivity (Wildman–Crippen MR) is 142 cm³/mol. The van der Waals surface area contributed by atoms with Crippen molar-refractivity contribution in [3.05, 3.63) is 95.5 Å². The maximum absolute atomic E-state index is 5.31. The number of fused-ring (bicyclic) bond motifs is 1. The first kappa shape index (κ1) is 22.3. The zero-order valence-electron chi connectivity index (χ0n) is 20.4. The largest absolute Gasteiger partial charge is 0.497 e. The van der Waals surface area contributed by atoms with E-state index in [0.29, 0.717) is 0 Å². The number of piperazine rings is 1. The highest BCUT2D eigenvalue weighted by molar-refractivity contribution is 6.03. The fourth-order valence-corrected chi connectivity index (χ4v) is 4.97. The molecule has 0 bridgehead atoms. The summed E-state index contributed by atoms with van der Waals surface area (Å²) < 4.78 is 5.31. The molecular weight excluding hydrogens is 450 g/mol. The van der Waals surface area contributed by atoms with Gasteiger partial charge in [0, 0.05) is 50.9 Å². The number of benzene rings is 2. The number of hydrogen-bond acceptors (Lipinski definition) is 8. The third kappa shape index (κ3) is 4.54. The summed E-state index contributed by atoms with van der Waals surface area (Å²) in [5.74, 6) is 2.94. The molecule has 6 rings (SSSR count). The monoisotopic (exact) mass is 479 g/mol. The minimum absolute atomic E-state index is 0.274. The van der Waals surface area contributed by atoms with E-state index in [9.17, 15) is 0 Å². The first-order valence-corrected chi connectivity index (χ1v) is 12.4. The van der Waals surface area contributed by atoms with Crippen molar-refractivity contribution in [2.24, 2.45) is 10.1 Å². The molecule has 1 saturated heterocycles. The van der Waals surface area contributed by atoms with E-state index in [2.05, 4.69) is 77.3 Å². The van der Waals surface area contributed by atoms with Gasteiger partial charge in [-0.2, -0.15) is 5.10 Å². The number of aliphatic imine (C=N–C) groups is 1. The number of rotatable bonds is 5. The van der Waals surface area contributed by atoms with E-state index in [0.717, 1.165) is 67.9 Å². The number of hydrazone groups is 1. The second-order valence-corrected chi connectivity index (χ2v) is 9.23. The Bertz CT molecular complexity index is 1280. The van der Waals surface area contributed by atoms with Gasteiger partial charge < -0.3 is 14.5 Å². The number of amidine groups is 1. The average molecular weight is 480 g/mol. The van der Waals surface area contributed by atoms with Crippen molar-refractivity contribution in [2.45, 2.75) is 12.3 Å². The van der Waals surface area contributed by atoms with Gasteiger partial charge in [0.25, 0.3) is 0 Å². The van der Waals surface area contributed by atoms with Crippen LogP contribution < -0.4 is 9.64 Å². The van der Waals surface area contributed by atoms with Gasteiger partial charge in [-0.25, -0.2) is 15.0 Å². The van der Waals surface area contributed by atoms with Crippen molar-refractivity contribution >= 4 is 18.1 Å². The molecule has 36 heavy (non-hydrogen) atoms. The van der Waals surface area contributed by atoms with Gasteiger partial charge in [0.15, 0.2) is 5.84 Å². The number of aromatic nitrogens is 2. The molecule has 1 fully saturated rings. The minimum atomic E-state index is 0.274. The van der Waals surface area contributed by atoms with Crippen LogP contribution in [0.1, 0.15) is 22.6 Å². The fourth-order valence-electron chi connectivity index (χ4n) is 4.97. The van der Waals surface area contributed by atoms with E-state index < -0.39 is 0 Å². The molecule has 0 aliphatic carbocycles. The molecule has 3 aliphatic heterocycles. The highest BCUT2D eigenvalue weighted by atomic mass is 16.5. The molecular formula is C28H29N7O. The van der Waals surface area contributed by atoms with Crippen LogP contribution in [-0.4, -0.2) is 71.9 Å². The number of hydrogen-bond donors (Lipinski definition) is 0. The molecule has 8 heteroatoms. The van der Waals surface area contributed by atoms with Crippen molar-refractivity contribution < 1.29 is 4.74 Å². The van der Waals surface area contributed by atoms with E-state index in [4.69, 9.17) is 4.74 Å². The van der Waals surface area contributed by atoms with E-state index in [1.54, 1.807) is 13.4 Å². The Morgan fingerprint density at radius 3 is 2.31 bits per heavy atom. The molecule has 2 aromatic carbocycles. The number of ether oxygens (including phenoxy) is 1. The average Bonchev–Trinajstić information content (AvgIpc) is 3.39. The third-order valence-corrected chi connectivity index (χ3v) is 6.96. The van der Waals surface area contributed by atoms with Gasteiger partial charge in [0.05, 0.1) is 19.4 Å². The highest BCUT2D eigenvalue weighted by Crippen LogP contribution is 2.32. The summed E-state index contributed by atoms with van der Waals surface area (Å²) in [6.07, 6.45) is 8.70. The normalized spacial score (nSPS) is 19.1. The maximum atomic E-state index is 5.31. The van der Waals surface area contributed by atoms with Crippen LogP contribution in [0.5, 0.6) is 5.75 Å². The number of anilines is 1. The van der Waals surface area contributed by atoms with Crippen LogP contribution in [0.2, 0.25) is 0 Å². The van der Waals surface area contributed by atoms with E-state index in [-0.39, 0.29) is 5.92 Å². The highest BCUT2D eigenvalue weighted by Gasteiger charge is 2.33. The lowest BCUT2D eigenvalue weighted by molar-refractivity contribution is 0.352. The van der Waals surface area contributed by atoms with Gasteiger partial charge in [0.2, 0.25) is 5.95 Å². The molecule has 0 saturated carbocycles. The van der Waals surface area contributed by atoms with Gasteiger partial charge in [-0.1, -0.05) is 42.5 Å². The first-order chi connectivity index (χ1) is 17.8. The molecule has 1 atom stereocenters. The van der Waals surface area contributed by atoms with Crippen molar-refractivity contribution in [3.63, 3.8) is 0 Å². The van der Waals surface area contributed by atoms with Crippen LogP contribution >= 0.6 is 0 Å². The molecule has 0 amide bonds. The van der Waals surface area contributed by atoms with Gasteiger partial charge in [-0.05, 0) is 34.9 Å². The smallest absolute Gasteiger partial charge is 0.225 e. The summed E-state index contributed by atoms with van der Waals surface area (Å²) in [5, 5.41) is 6.59. The SMILES string of the molecule is COc1ccc(C2C=C3C(N4CCN(c5ncc(Cc6ccccc6)cn5)CC4)=NC=NN3C2)cc1. The standard InChI is InChI=1S/C28H29N7O/c1-36-25-9-7-23(8-10-25)24-16-26-27(31-20-32-35(26)19-24)33-11-13-34(14-12-33)28-29-17-22(18-30-28)15-21-5-3-2-4-6-21/h2-10,16-18,20,24H,11-15,19H2,1H3. The van der Waals surface area contributed by atoms with E-state index in [1.807, 2.05) is 30.6 Å². The number of methoxy groups -OCH3 is 1. The van der Waals surface area contributed by atoms with Gasteiger partial charge >= 0.3 is 0 Å². The van der Waals surface area contributed by atoms with Crippen LogP contribution in [0.3, 0.4) is 0 Å². The van der Waals surface area contributed by atoms with Crippen LogP contribution in [0.15, 0.2) is 88.9 Å². The Labute approximate surface area is 211 Å². The zero-order valence-corrected chi connectivity index (χ0v) is 20.4. The van der Waals surface area contributed by atoms with E-state index in [1.165, 1.54) is 11.1 Å². The zero-order chi connectivity index (χ0) is 24.3. The molecule has 0 N–H and O–H groups in total. The molecule has 1 aromatic heterocycles. The Hall–Kier alpha value is -4.20. The molecule has 4 heterocycles. The fraction of sp³-hybridized carbons (Fsp3) is 0.286. The van der Waals surface area contributed by atoms with E-state index >= 15 is 0 Å². The van der Waals surface area contributed by atoms with Gasteiger partial charge in [0.1, 0.15) is 12.1 Å². The molecule has 0 radical (unpaired) electrons. The van der Waals surface area contributed by atoms with Crippen LogP contribution in [0, 0.1) is 0 Å². The number of nitrogens with zero attached hydrogens (tertiary/aromatic N) is 7. The van der Waals surface area contributed by atoms with Crippen molar-refractivity contribution in [3.8, 4) is 5.75 Å². The third-order valence-electron chi connectivity index (χ3n) is 6.96. The Morgan fingerprint density at radius 2 is 1.58 bits per heavy atom. The maximum Gasteiger partial charge on any atom is 0.225 e. The summed E-state index contributed by atoms with van der Waals surface area (Å²) in [6, 6.07) is 18.7. The van der Waals surface area contributed by atoms with Crippen molar-refractivity contribution in [1.82, 2.24) is 19.9 Å². The summed E-state index contributed by atoms with van der Waals surface area (Å²) in [6.45, 7) is 4.24. The topological polar surface area (TPSA) is 69.5 Å². The summed E-state index contributed by atoms with van der Waals surface area (Å²) in [5.41, 5.74) is 4.74. The molecule has 3 aromatic rings. The molecule has 0 spiro atoms. The van der Waals surface area contributed by atoms with Gasteiger partial charge in [-0.3, -0.25) is 5.01 Å². The molecule has 1 unspecified atom stereocenters. The Kier molecular flexibility index (Phi) is 6.07. The Balaban J connectivity index is 1.10. The van der Waals surface area contributed by atoms with Crippen molar-refractivity contribution in [2.75, 3.05) is 44.7 Å². The summed E-state index contributed by atoms with van der Waals surface area (Å²) in [7, 11) is 1.69.